The average Bonchev–Trinajstić information content (AvgIpc) is 2.26. The standard InChI is InChI=1S/C10H11ClO3S/c1-2-3-6-9-7-4-5-8-10(9)15(12,13)14-11/h2,4-5,7-8H,1,3,6H2. The summed E-state index contributed by atoms with van der Waals surface area (Å²) in [5, 5.41) is 0. The molecule has 0 bridgehead atoms. The van der Waals surface area contributed by atoms with E-state index in [1.54, 1.807) is 24.3 Å². The molecule has 0 spiro atoms. The lowest BCUT2D eigenvalue weighted by atomic mass is 10.1. The zero-order chi connectivity index (χ0) is 11.3. The van der Waals surface area contributed by atoms with Gasteiger partial charge in [0, 0.05) is 0 Å². The van der Waals surface area contributed by atoms with Gasteiger partial charge in [-0.2, -0.15) is 12.2 Å². The Balaban J connectivity index is 3.12. The van der Waals surface area contributed by atoms with E-state index in [9.17, 15) is 8.42 Å². The third-order valence-corrected chi connectivity index (χ3v) is 3.54. The molecule has 0 aliphatic rings. The van der Waals surface area contributed by atoms with Crippen molar-refractivity contribution in [1.29, 1.82) is 0 Å². The van der Waals surface area contributed by atoms with Gasteiger partial charge in [-0.25, -0.2) is 0 Å². The highest BCUT2D eigenvalue weighted by molar-refractivity contribution is 7.87. The first-order valence-corrected chi connectivity index (χ1v) is 6.07. The smallest absolute Gasteiger partial charge is 0.193 e. The van der Waals surface area contributed by atoms with E-state index in [4.69, 9.17) is 11.9 Å². The molecule has 0 atom stereocenters. The van der Waals surface area contributed by atoms with Gasteiger partial charge in [0.15, 0.2) is 0 Å². The van der Waals surface area contributed by atoms with Crippen molar-refractivity contribution in [3.05, 3.63) is 42.5 Å². The number of hydrogen-bond donors (Lipinski definition) is 0. The minimum absolute atomic E-state index is 0.113. The van der Waals surface area contributed by atoms with Gasteiger partial charge in [0.25, 0.3) is 0 Å². The van der Waals surface area contributed by atoms with Crippen LogP contribution in [-0.4, -0.2) is 8.42 Å². The van der Waals surface area contributed by atoms with E-state index in [-0.39, 0.29) is 4.90 Å². The Morgan fingerprint density at radius 1 is 1.40 bits per heavy atom. The maximum Gasteiger partial charge on any atom is 0.313 e. The number of halogens is 1. The molecule has 1 rings (SSSR count). The minimum atomic E-state index is -3.83. The first-order chi connectivity index (χ1) is 7.11. The highest BCUT2D eigenvalue weighted by atomic mass is 35.5. The third-order valence-electron chi connectivity index (χ3n) is 1.94. The summed E-state index contributed by atoms with van der Waals surface area (Å²) in [5.74, 6) is 0. The Morgan fingerprint density at radius 3 is 2.67 bits per heavy atom. The van der Waals surface area contributed by atoms with E-state index < -0.39 is 10.1 Å². The summed E-state index contributed by atoms with van der Waals surface area (Å²) < 4.78 is 26.8. The maximum absolute atomic E-state index is 11.4. The van der Waals surface area contributed by atoms with Gasteiger partial charge in [0.1, 0.15) is 0 Å². The molecule has 5 heteroatoms. The van der Waals surface area contributed by atoms with E-state index in [1.165, 1.54) is 6.07 Å². The monoisotopic (exact) mass is 246 g/mol. The van der Waals surface area contributed by atoms with E-state index in [2.05, 4.69) is 10.3 Å². The van der Waals surface area contributed by atoms with Crippen molar-refractivity contribution in [1.82, 2.24) is 0 Å². The summed E-state index contributed by atoms with van der Waals surface area (Å²) in [6.45, 7) is 3.58. The summed E-state index contributed by atoms with van der Waals surface area (Å²) in [4.78, 5) is 0.113. The van der Waals surface area contributed by atoms with Crippen LogP contribution in [0.5, 0.6) is 0 Å². The van der Waals surface area contributed by atoms with E-state index in [0.29, 0.717) is 18.4 Å². The van der Waals surface area contributed by atoms with Gasteiger partial charge >= 0.3 is 10.1 Å². The Hall–Kier alpha value is -0.840. The van der Waals surface area contributed by atoms with E-state index in [0.717, 1.165) is 0 Å². The fourth-order valence-corrected chi connectivity index (χ4v) is 2.25. The average molecular weight is 247 g/mol. The largest absolute Gasteiger partial charge is 0.313 e. The van der Waals surface area contributed by atoms with E-state index >= 15 is 0 Å². The SMILES string of the molecule is C=CCCc1ccccc1S(=O)(=O)OCl. The number of allylic oxidation sites excluding steroid dienone is 1. The summed E-state index contributed by atoms with van der Waals surface area (Å²) in [6, 6.07) is 6.59. The number of rotatable bonds is 5. The Morgan fingerprint density at radius 2 is 2.07 bits per heavy atom. The summed E-state index contributed by atoms with van der Waals surface area (Å²) >= 11 is 4.93. The van der Waals surface area contributed by atoms with Crippen molar-refractivity contribution in [2.24, 2.45) is 0 Å². The van der Waals surface area contributed by atoms with E-state index in [1.807, 2.05) is 0 Å². The van der Waals surface area contributed by atoms with Crippen LogP contribution in [0.4, 0.5) is 0 Å². The van der Waals surface area contributed by atoms with Crippen LogP contribution in [0.2, 0.25) is 0 Å². The van der Waals surface area contributed by atoms with Crippen LogP contribution < -0.4 is 0 Å². The van der Waals surface area contributed by atoms with Crippen LogP contribution in [0.1, 0.15) is 12.0 Å². The van der Waals surface area contributed by atoms with Gasteiger partial charge in [-0.15, -0.1) is 6.58 Å². The molecule has 0 N–H and O–H groups in total. The van der Waals surface area contributed by atoms with Crippen LogP contribution in [0.3, 0.4) is 0 Å². The molecular weight excluding hydrogens is 236 g/mol. The zero-order valence-electron chi connectivity index (χ0n) is 8.02. The highest BCUT2D eigenvalue weighted by Gasteiger charge is 2.17. The molecule has 0 aliphatic heterocycles. The topological polar surface area (TPSA) is 43.4 Å². The lowest BCUT2D eigenvalue weighted by Crippen LogP contribution is -2.04. The van der Waals surface area contributed by atoms with Crippen LogP contribution >= 0.6 is 11.9 Å². The maximum atomic E-state index is 11.4. The predicted molar refractivity (Wildman–Crippen MR) is 59.1 cm³/mol. The van der Waals surface area contributed by atoms with Crippen molar-refractivity contribution in [3.63, 3.8) is 0 Å². The van der Waals surface area contributed by atoms with Gasteiger partial charge in [-0.1, -0.05) is 24.3 Å². The van der Waals surface area contributed by atoms with Crippen LogP contribution in [0.15, 0.2) is 41.8 Å². The van der Waals surface area contributed by atoms with Gasteiger partial charge in [0.05, 0.1) is 16.8 Å². The quantitative estimate of drug-likeness (QED) is 0.751. The minimum Gasteiger partial charge on any atom is -0.193 e. The molecule has 0 aliphatic carbocycles. The predicted octanol–water partition coefficient (Wildman–Crippen LogP) is 2.66. The zero-order valence-corrected chi connectivity index (χ0v) is 9.59. The number of benzene rings is 1. The van der Waals surface area contributed by atoms with Crippen molar-refractivity contribution in [3.8, 4) is 0 Å². The Bertz CT molecular complexity index is 440. The molecule has 15 heavy (non-hydrogen) atoms. The molecule has 0 saturated carbocycles. The molecule has 0 aromatic heterocycles. The Kier molecular flexibility index (Phi) is 4.32. The van der Waals surface area contributed by atoms with Crippen LogP contribution in [-0.2, 0) is 20.3 Å². The fourth-order valence-electron chi connectivity index (χ4n) is 1.25. The number of hydrogen-bond acceptors (Lipinski definition) is 3. The molecule has 1 aromatic carbocycles. The van der Waals surface area contributed by atoms with Crippen LogP contribution in [0, 0.1) is 0 Å². The van der Waals surface area contributed by atoms with Crippen LogP contribution in [0.25, 0.3) is 0 Å². The van der Waals surface area contributed by atoms with Crippen molar-refractivity contribution in [2.45, 2.75) is 17.7 Å². The normalized spacial score (nSPS) is 11.3. The van der Waals surface area contributed by atoms with Gasteiger partial charge < -0.3 is 0 Å². The molecule has 0 fully saturated rings. The summed E-state index contributed by atoms with van der Waals surface area (Å²) in [7, 11) is -3.83. The molecule has 82 valence electrons. The second kappa shape index (κ2) is 5.30. The molecular formula is C10H11ClO3S. The van der Waals surface area contributed by atoms with Gasteiger partial charge in [-0.3, -0.25) is 0 Å². The van der Waals surface area contributed by atoms with Gasteiger partial charge in [0.2, 0.25) is 0 Å². The highest BCUT2D eigenvalue weighted by Crippen LogP contribution is 2.20. The number of aryl methyl sites for hydroxylation is 1. The first-order valence-electron chi connectivity index (χ1n) is 4.36. The molecule has 0 unspecified atom stereocenters. The molecule has 0 radical (unpaired) electrons. The van der Waals surface area contributed by atoms with Crippen molar-refractivity contribution >= 4 is 22.0 Å². The lowest BCUT2D eigenvalue weighted by molar-refractivity contribution is 0.507. The molecule has 0 heterocycles. The molecule has 0 amide bonds. The molecule has 0 saturated heterocycles. The second-order valence-corrected chi connectivity index (χ2v) is 4.80. The lowest BCUT2D eigenvalue weighted by Gasteiger charge is -2.05. The fraction of sp³-hybridized carbons (Fsp3) is 0.200. The van der Waals surface area contributed by atoms with Gasteiger partial charge in [-0.05, 0) is 24.5 Å². The summed E-state index contributed by atoms with van der Waals surface area (Å²) in [5.41, 5.74) is 0.679. The van der Waals surface area contributed by atoms with Crippen molar-refractivity contribution in [2.75, 3.05) is 0 Å². The third kappa shape index (κ3) is 3.06. The summed E-state index contributed by atoms with van der Waals surface area (Å²) in [6.07, 6.45) is 3.03. The molecule has 3 nitrogen and oxygen atoms in total. The first kappa shape index (κ1) is 12.2. The second-order valence-electron chi connectivity index (χ2n) is 2.95. The molecule has 1 aromatic rings. The Labute approximate surface area is 94.6 Å². The van der Waals surface area contributed by atoms with Crippen molar-refractivity contribution < 1.29 is 12.2 Å².